The van der Waals surface area contributed by atoms with Gasteiger partial charge in [-0.25, -0.2) is 9.59 Å². The van der Waals surface area contributed by atoms with Crippen molar-refractivity contribution in [2.45, 2.75) is 71.8 Å². The van der Waals surface area contributed by atoms with Gasteiger partial charge in [0.15, 0.2) is 12.4 Å². The van der Waals surface area contributed by atoms with Crippen LogP contribution in [-0.2, 0) is 35.2 Å². The Kier molecular flexibility index (Phi) is 12.5. The molecule has 41 heavy (non-hydrogen) atoms. The van der Waals surface area contributed by atoms with Crippen LogP contribution in [0.25, 0.3) is 0 Å². The van der Waals surface area contributed by atoms with Crippen LogP contribution in [0, 0.1) is 5.92 Å². The van der Waals surface area contributed by atoms with E-state index in [0.29, 0.717) is 5.56 Å². The minimum atomic E-state index is -1.20. The minimum Gasteiger partial charge on any atom is -0.461 e. The quantitative estimate of drug-likeness (QED) is 0.215. The van der Waals surface area contributed by atoms with Crippen LogP contribution in [0.1, 0.15) is 63.4 Å². The normalized spacial score (nSPS) is 12.6. The summed E-state index contributed by atoms with van der Waals surface area (Å²) >= 11 is 0. The van der Waals surface area contributed by atoms with E-state index in [9.17, 15) is 24.0 Å². The number of ether oxygens (including phenoxy) is 3. The number of carbonyl (C=O) groups is 5. The third kappa shape index (κ3) is 11.4. The van der Waals surface area contributed by atoms with Crippen molar-refractivity contribution in [2.24, 2.45) is 5.92 Å². The molecule has 2 atom stereocenters. The second-order valence-corrected chi connectivity index (χ2v) is 10.9. The molecule has 0 aliphatic carbocycles. The number of rotatable bonds is 13. The first kappa shape index (κ1) is 33.0. The number of carbonyl (C=O) groups excluding carboxylic acids is 5. The number of hydrogen-bond donors (Lipinski definition) is 1. The Labute approximate surface area is 241 Å². The predicted molar refractivity (Wildman–Crippen MR) is 152 cm³/mol. The van der Waals surface area contributed by atoms with Gasteiger partial charge in [-0.15, -0.1) is 0 Å². The van der Waals surface area contributed by atoms with Crippen molar-refractivity contribution in [1.82, 2.24) is 10.2 Å². The molecule has 0 aromatic heterocycles. The van der Waals surface area contributed by atoms with E-state index in [0.717, 1.165) is 10.5 Å². The third-order valence-electron chi connectivity index (χ3n) is 5.95. The lowest BCUT2D eigenvalue weighted by Crippen LogP contribution is -2.54. The molecule has 2 aromatic carbocycles. The summed E-state index contributed by atoms with van der Waals surface area (Å²) < 4.78 is 15.9. The van der Waals surface area contributed by atoms with E-state index in [1.165, 1.54) is 7.05 Å². The molecule has 0 aliphatic heterocycles. The van der Waals surface area contributed by atoms with Crippen molar-refractivity contribution in [1.29, 1.82) is 0 Å². The first-order valence-corrected chi connectivity index (χ1v) is 13.5. The Hall–Kier alpha value is -4.21. The van der Waals surface area contributed by atoms with Crippen LogP contribution < -0.4 is 5.32 Å². The first-order chi connectivity index (χ1) is 19.3. The van der Waals surface area contributed by atoms with E-state index in [-0.39, 0.29) is 31.1 Å². The monoisotopic (exact) mass is 568 g/mol. The highest BCUT2D eigenvalue weighted by atomic mass is 16.6. The zero-order valence-corrected chi connectivity index (χ0v) is 24.5. The average Bonchev–Trinajstić information content (AvgIpc) is 2.92. The van der Waals surface area contributed by atoms with Crippen molar-refractivity contribution in [3.8, 4) is 0 Å². The van der Waals surface area contributed by atoms with Crippen LogP contribution in [0.15, 0.2) is 60.7 Å². The van der Waals surface area contributed by atoms with Gasteiger partial charge in [-0.2, -0.15) is 0 Å². The molecular weight excluding hydrogens is 528 g/mol. The van der Waals surface area contributed by atoms with Gasteiger partial charge in [0.05, 0.1) is 0 Å². The summed E-state index contributed by atoms with van der Waals surface area (Å²) in [4.78, 5) is 65.2. The van der Waals surface area contributed by atoms with Gasteiger partial charge < -0.3 is 24.4 Å². The van der Waals surface area contributed by atoms with Crippen molar-refractivity contribution >= 4 is 29.7 Å². The molecule has 10 nitrogen and oxygen atoms in total. The van der Waals surface area contributed by atoms with Gasteiger partial charge in [0.25, 0.3) is 0 Å². The molecule has 0 fully saturated rings. The summed E-state index contributed by atoms with van der Waals surface area (Å²) in [5.74, 6) is -2.72. The van der Waals surface area contributed by atoms with E-state index < -0.39 is 48.2 Å². The van der Waals surface area contributed by atoms with Crippen molar-refractivity contribution in [2.75, 3.05) is 13.7 Å². The fraction of sp³-hybridized carbons (Fsp3) is 0.452. The molecule has 10 heteroatoms. The molecule has 0 unspecified atom stereocenters. The van der Waals surface area contributed by atoms with Crippen molar-refractivity contribution in [3.63, 3.8) is 0 Å². The highest BCUT2D eigenvalue weighted by molar-refractivity contribution is 5.98. The number of hydrogen-bond acceptors (Lipinski definition) is 8. The summed E-state index contributed by atoms with van der Waals surface area (Å²) in [5.41, 5.74) is 0.379. The number of alkyl carbamates (subject to hydrolysis) is 1. The molecule has 0 radical (unpaired) electrons. The molecule has 222 valence electrons. The zero-order chi connectivity index (χ0) is 30.6. The number of nitrogens with zero attached hydrogens (tertiary/aromatic N) is 1. The topological polar surface area (TPSA) is 128 Å². The number of benzene rings is 2. The molecule has 2 aromatic rings. The first-order valence-electron chi connectivity index (χ1n) is 13.5. The van der Waals surface area contributed by atoms with E-state index in [4.69, 9.17) is 14.2 Å². The maximum Gasteiger partial charge on any atom is 0.408 e. The lowest BCUT2D eigenvalue weighted by Gasteiger charge is -2.32. The van der Waals surface area contributed by atoms with Gasteiger partial charge in [0.1, 0.15) is 24.3 Å². The van der Waals surface area contributed by atoms with Crippen LogP contribution in [0.2, 0.25) is 0 Å². The second kappa shape index (κ2) is 15.5. The molecule has 0 bridgehead atoms. The molecule has 0 saturated carbocycles. The number of nitrogens with one attached hydrogen (secondary N) is 1. The predicted octanol–water partition coefficient (Wildman–Crippen LogP) is 4.31. The third-order valence-corrected chi connectivity index (χ3v) is 5.95. The SMILES string of the molecule is CC(C)[C@@H](C(=O)OCC(=O)c1ccccc1)N(C)C(=O)[C@H](CCC(=O)OCc1ccccc1)NC(=O)OC(C)(C)C. The minimum absolute atomic E-state index is 0.0701. The van der Waals surface area contributed by atoms with Gasteiger partial charge in [0, 0.05) is 19.0 Å². The van der Waals surface area contributed by atoms with Crippen molar-refractivity contribution < 1.29 is 38.2 Å². The van der Waals surface area contributed by atoms with Gasteiger partial charge in [-0.05, 0) is 38.7 Å². The van der Waals surface area contributed by atoms with Crippen LogP contribution in [-0.4, -0.2) is 66.0 Å². The highest BCUT2D eigenvalue weighted by Crippen LogP contribution is 2.16. The Morgan fingerprint density at radius 1 is 0.878 bits per heavy atom. The van der Waals surface area contributed by atoms with E-state index in [1.807, 2.05) is 30.3 Å². The number of amides is 2. The van der Waals surface area contributed by atoms with Crippen molar-refractivity contribution in [3.05, 3.63) is 71.8 Å². The van der Waals surface area contributed by atoms with Crippen LogP contribution in [0.5, 0.6) is 0 Å². The summed E-state index contributed by atoms with van der Waals surface area (Å²) in [7, 11) is 1.41. The summed E-state index contributed by atoms with van der Waals surface area (Å²) in [5, 5.41) is 2.52. The number of likely N-dealkylation sites (N-methyl/N-ethyl adjacent to an activating group) is 1. The fourth-order valence-electron chi connectivity index (χ4n) is 3.97. The molecular formula is C31H40N2O8. The number of ketones is 1. The second-order valence-electron chi connectivity index (χ2n) is 10.9. The Bertz CT molecular complexity index is 1180. The van der Waals surface area contributed by atoms with Crippen LogP contribution in [0.3, 0.4) is 0 Å². The molecule has 0 spiro atoms. The Morgan fingerprint density at radius 2 is 1.46 bits per heavy atom. The fourth-order valence-corrected chi connectivity index (χ4v) is 3.97. The largest absolute Gasteiger partial charge is 0.461 e. The number of Topliss-reactive ketones (excluding diaryl/α,β-unsaturated/α-hetero) is 1. The Balaban J connectivity index is 2.10. The highest BCUT2D eigenvalue weighted by Gasteiger charge is 2.36. The average molecular weight is 569 g/mol. The number of esters is 2. The molecule has 0 saturated heterocycles. The summed E-state index contributed by atoms with van der Waals surface area (Å²) in [6.07, 6.45) is -1.11. The molecule has 1 N–H and O–H groups in total. The lowest BCUT2D eigenvalue weighted by molar-refractivity contribution is -0.156. The van der Waals surface area contributed by atoms with Crippen LogP contribution >= 0.6 is 0 Å². The van der Waals surface area contributed by atoms with E-state index in [2.05, 4.69) is 5.32 Å². The van der Waals surface area contributed by atoms with Gasteiger partial charge in [-0.3, -0.25) is 14.4 Å². The lowest BCUT2D eigenvalue weighted by atomic mass is 10.0. The summed E-state index contributed by atoms with van der Waals surface area (Å²) in [6.45, 7) is 8.08. The van der Waals surface area contributed by atoms with E-state index in [1.54, 1.807) is 65.0 Å². The van der Waals surface area contributed by atoms with Gasteiger partial charge >= 0.3 is 18.0 Å². The molecule has 0 aliphatic rings. The van der Waals surface area contributed by atoms with Gasteiger partial charge in [0.2, 0.25) is 5.91 Å². The zero-order valence-electron chi connectivity index (χ0n) is 24.5. The molecule has 2 amide bonds. The molecule has 0 heterocycles. The summed E-state index contributed by atoms with van der Waals surface area (Å²) in [6, 6.07) is 15.3. The maximum absolute atomic E-state index is 13.6. The van der Waals surface area contributed by atoms with E-state index >= 15 is 0 Å². The molecule has 2 rings (SSSR count). The Morgan fingerprint density at radius 3 is 2.02 bits per heavy atom. The smallest absolute Gasteiger partial charge is 0.408 e. The standard InChI is InChI=1S/C31H40N2O8/c1-21(2)27(29(37)40-20-25(34)23-15-11-8-12-16-23)33(6)28(36)24(32-30(38)41-31(3,4)5)17-18-26(35)39-19-22-13-9-7-10-14-22/h7-16,21,24,27H,17-20H2,1-6H3,(H,32,38)/t24-,27-/m0/s1. The van der Waals surface area contributed by atoms with Crippen LogP contribution in [0.4, 0.5) is 4.79 Å². The van der Waals surface area contributed by atoms with Gasteiger partial charge in [-0.1, -0.05) is 74.5 Å². The maximum atomic E-state index is 13.6.